The summed E-state index contributed by atoms with van der Waals surface area (Å²) in [6, 6.07) is 6.02. The number of carbonyl (C=O) groups is 2. The van der Waals surface area contributed by atoms with Gasteiger partial charge in [-0.25, -0.2) is 33.3 Å². The number of hydrogen-bond donors (Lipinski definition) is 3. The molecule has 0 aliphatic carbocycles. The molecule has 2 rings (SSSR count). The van der Waals surface area contributed by atoms with Crippen LogP contribution in [-0.2, 0) is 24.3 Å². The number of carbonyl (C=O) groups excluding carboxylic acids is 2. The van der Waals surface area contributed by atoms with Gasteiger partial charge < -0.3 is 10.2 Å². The van der Waals surface area contributed by atoms with E-state index in [1.165, 1.54) is 43.6 Å². The largest absolute Gasteiger partial charge is 0.464 e. The maximum Gasteiger partial charge on any atom is 0.332 e. The zero-order valence-corrected chi connectivity index (χ0v) is 15.5. The molecule has 0 bridgehead atoms. The second-order valence-electron chi connectivity index (χ2n) is 5.27. The highest BCUT2D eigenvalue weighted by Gasteiger charge is 2.24. The molecule has 1 atom stereocenters. The lowest BCUT2D eigenvalue weighted by Gasteiger charge is -2.16. The van der Waals surface area contributed by atoms with Crippen LogP contribution in [0, 0.1) is 0 Å². The smallest absolute Gasteiger partial charge is 0.332 e. The van der Waals surface area contributed by atoms with Gasteiger partial charge in [-0.3, -0.25) is 4.79 Å². The van der Waals surface area contributed by atoms with Crippen molar-refractivity contribution in [3.63, 3.8) is 0 Å². The molecule has 0 saturated carbocycles. The fourth-order valence-electron chi connectivity index (χ4n) is 1.96. The van der Waals surface area contributed by atoms with Crippen LogP contribution < -0.4 is 15.6 Å². The molecule has 0 radical (unpaired) electrons. The molecule has 1 aromatic carbocycles. The van der Waals surface area contributed by atoms with Crippen molar-refractivity contribution in [2.45, 2.75) is 24.8 Å². The van der Waals surface area contributed by atoms with E-state index in [0.29, 0.717) is 5.69 Å². The van der Waals surface area contributed by atoms with E-state index >= 15 is 0 Å². The lowest BCUT2D eigenvalue weighted by atomic mass is 10.2. The fraction of sp³-hybridized carbons (Fsp3) is 0.250. The monoisotopic (exact) mass is 393 g/mol. The summed E-state index contributed by atoms with van der Waals surface area (Å²) in [7, 11) is -3.85. The van der Waals surface area contributed by atoms with Gasteiger partial charge in [-0.05, 0) is 44.2 Å². The molecule has 11 heteroatoms. The van der Waals surface area contributed by atoms with Crippen LogP contribution in [0.5, 0.6) is 0 Å². The number of nitrogens with one attached hydrogen (secondary N) is 3. The summed E-state index contributed by atoms with van der Waals surface area (Å²) in [5, 5.41) is 0. The van der Waals surface area contributed by atoms with Crippen LogP contribution in [0.25, 0.3) is 0 Å². The average molecular weight is 393 g/mol. The van der Waals surface area contributed by atoms with E-state index in [-0.39, 0.29) is 17.5 Å². The van der Waals surface area contributed by atoms with Crippen LogP contribution in [0.4, 0.5) is 11.6 Å². The highest BCUT2D eigenvalue weighted by Crippen LogP contribution is 2.16. The molecule has 0 spiro atoms. The second-order valence-corrected chi connectivity index (χ2v) is 6.95. The number of rotatable bonds is 9. The van der Waals surface area contributed by atoms with Crippen molar-refractivity contribution in [2.24, 2.45) is 0 Å². The van der Waals surface area contributed by atoms with Crippen LogP contribution >= 0.6 is 0 Å². The molecule has 0 fully saturated rings. The third-order valence-electron chi connectivity index (χ3n) is 3.25. The van der Waals surface area contributed by atoms with E-state index in [1.54, 1.807) is 13.0 Å². The number of hydrogen-bond acceptors (Lipinski definition) is 9. The number of anilines is 2. The number of nitrogens with zero attached hydrogens (tertiary/aromatic N) is 2. The molecule has 0 aliphatic rings. The number of ketones is 1. The summed E-state index contributed by atoms with van der Waals surface area (Å²) in [5.74, 6) is -1.17. The second kappa shape index (κ2) is 9.05. The van der Waals surface area contributed by atoms with Gasteiger partial charge in [0.15, 0.2) is 11.8 Å². The first-order valence-corrected chi connectivity index (χ1v) is 9.40. The highest BCUT2D eigenvalue weighted by atomic mass is 32.2. The van der Waals surface area contributed by atoms with Crippen molar-refractivity contribution in [1.82, 2.24) is 15.4 Å². The van der Waals surface area contributed by atoms with Crippen molar-refractivity contribution < 1.29 is 22.7 Å². The predicted octanol–water partition coefficient (Wildman–Crippen LogP) is 0.715. The van der Waals surface area contributed by atoms with Crippen molar-refractivity contribution >= 4 is 33.4 Å². The average Bonchev–Trinajstić information content (AvgIpc) is 2.63. The standard InChI is InChI=1S/C16H19N5O5S/c1-3-26-15(23)14(11(2)22)20-19-12-5-7-13(8-6-12)27(24,25)21-16-17-9-4-10-18-16/h4-10,14,19-20H,3H2,1-2H3,(H,17,18,21). The first-order valence-electron chi connectivity index (χ1n) is 7.92. The molecule has 1 unspecified atom stereocenters. The Morgan fingerprint density at radius 1 is 1.15 bits per heavy atom. The summed E-state index contributed by atoms with van der Waals surface area (Å²) in [6.07, 6.45) is 2.83. The summed E-state index contributed by atoms with van der Waals surface area (Å²) in [4.78, 5) is 30.9. The number of esters is 1. The zero-order chi connectivity index (χ0) is 19.9. The predicted molar refractivity (Wildman–Crippen MR) is 97.1 cm³/mol. The van der Waals surface area contributed by atoms with Crippen molar-refractivity contribution in [2.75, 3.05) is 16.8 Å². The van der Waals surface area contributed by atoms with Gasteiger partial charge in [-0.15, -0.1) is 0 Å². The summed E-state index contributed by atoms with van der Waals surface area (Å²) in [5.41, 5.74) is 5.69. The van der Waals surface area contributed by atoms with Crippen LogP contribution in [-0.4, -0.2) is 42.8 Å². The molecule has 27 heavy (non-hydrogen) atoms. The van der Waals surface area contributed by atoms with Gasteiger partial charge in [-0.2, -0.15) is 0 Å². The topological polar surface area (TPSA) is 139 Å². The number of ether oxygens (including phenoxy) is 1. The molecule has 1 aromatic heterocycles. The minimum atomic E-state index is -3.85. The van der Waals surface area contributed by atoms with Gasteiger partial charge in [0.05, 0.1) is 11.5 Å². The van der Waals surface area contributed by atoms with Gasteiger partial charge in [0, 0.05) is 18.1 Å². The maximum absolute atomic E-state index is 12.3. The summed E-state index contributed by atoms with van der Waals surface area (Å²) >= 11 is 0. The Labute approximate surface area is 156 Å². The van der Waals surface area contributed by atoms with Crippen molar-refractivity contribution in [1.29, 1.82) is 0 Å². The minimum Gasteiger partial charge on any atom is -0.464 e. The van der Waals surface area contributed by atoms with Crippen LogP contribution in [0.1, 0.15) is 13.8 Å². The molecular weight excluding hydrogens is 374 g/mol. The van der Waals surface area contributed by atoms with E-state index in [2.05, 4.69) is 25.5 Å². The lowest BCUT2D eigenvalue weighted by molar-refractivity contribution is -0.148. The van der Waals surface area contributed by atoms with Crippen LogP contribution in [0.3, 0.4) is 0 Å². The normalized spacial score (nSPS) is 12.1. The number of benzene rings is 1. The van der Waals surface area contributed by atoms with E-state index in [1.807, 2.05) is 0 Å². The fourth-order valence-corrected chi connectivity index (χ4v) is 2.91. The number of hydrazine groups is 1. The van der Waals surface area contributed by atoms with E-state index in [4.69, 9.17) is 4.74 Å². The van der Waals surface area contributed by atoms with Gasteiger partial charge in [0.1, 0.15) is 0 Å². The molecule has 3 N–H and O–H groups in total. The Bertz CT molecular complexity index is 887. The Hall–Kier alpha value is -3.05. The highest BCUT2D eigenvalue weighted by molar-refractivity contribution is 7.92. The third kappa shape index (κ3) is 5.72. The Kier molecular flexibility index (Phi) is 6.79. The van der Waals surface area contributed by atoms with Gasteiger partial charge in [-0.1, -0.05) is 0 Å². The molecular formula is C16H19N5O5S. The van der Waals surface area contributed by atoms with Crippen molar-refractivity contribution in [3.8, 4) is 0 Å². The molecule has 0 aliphatic heterocycles. The SMILES string of the molecule is CCOC(=O)C(NNc1ccc(S(=O)(=O)Nc2ncccn2)cc1)C(C)=O. The first-order chi connectivity index (χ1) is 12.8. The number of aromatic nitrogens is 2. The molecule has 1 heterocycles. The van der Waals surface area contributed by atoms with Crippen LogP contribution in [0.2, 0.25) is 0 Å². The van der Waals surface area contributed by atoms with Crippen molar-refractivity contribution in [3.05, 3.63) is 42.7 Å². The van der Waals surface area contributed by atoms with Crippen LogP contribution in [0.15, 0.2) is 47.6 Å². The molecule has 10 nitrogen and oxygen atoms in total. The maximum atomic E-state index is 12.3. The molecule has 144 valence electrons. The molecule has 2 aromatic rings. The zero-order valence-electron chi connectivity index (χ0n) is 14.7. The number of Topliss-reactive ketones (excluding diaryl/α,β-unsaturated/α-hetero) is 1. The number of sulfonamides is 1. The Morgan fingerprint density at radius 2 is 1.78 bits per heavy atom. The third-order valence-corrected chi connectivity index (χ3v) is 4.59. The molecule has 0 saturated heterocycles. The first kappa shape index (κ1) is 20.3. The summed E-state index contributed by atoms with van der Waals surface area (Å²) < 4.78 is 31.7. The quantitative estimate of drug-likeness (QED) is 0.319. The van der Waals surface area contributed by atoms with E-state index in [9.17, 15) is 18.0 Å². The minimum absolute atomic E-state index is 0.00554. The Balaban J connectivity index is 2.04. The molecule has 0 amide bonds. The van der Waals surface area contributed by atoms with E-state index < -0.39 is 27.8 Å². The lowest BCUT2D eigenvalue weighted by Crippen LogP contribution is -2.46. The van der Waals surface area contributed by atoms with Gasteiger partial charge >= 0.3 is 5.97 Å². The Morgan fingerprint density at radius 3 is 2.33 bits per heavy atom. The summed E-state index contributed by atoms with van der Waals surface area (Å²) in [6.45, 7) is 3.04. The van der Waals surface area contributed by atoms with Gasteiger partial charge in [0.25, 0.3) is 10.0 Å². The van der Waals surface area contributed by atoms with Gasteiger partial charge in [0.2, 0.25) is 5.95 Å². The van der Waals surface area contributed by atoms with E-state index in [0.717, 1.165) is 0 Å².